The van der Waals surface area contributed by atoms with E-state index in [0.29, 0.717) is 27.4 Å². The van der Waals surface area contributed by atoms with Crippen molar-refractivity contribution in [3.63, 3.8) is 0 Å². The van der Waals surface area contributed by atoms with Gasteiger partial charge < -0.3 is 19.5 Å². The number of alkyl halides is 3. The van der Waals surface area contributed by atoms with Gasteiger partial charge in [0, 0.05) is 36.5 Å². The summed E-state index contributed by atoms with van der Waals surface area (Å²) in [5.41, 5.74) is 3.16. The minimum absolute atomic E-state index is 0.136. The highest BCUT2D eigenvalue weighted by molar-refractivity contribution is 6.34. The molecule has 3 aromatic heterocycles. The Hall–Kier alpha value is -3.68. The van der Waals surface area contributed by atoms with Gasteiger partial charge in [0.25, 0.3) is 5.91 Å². The third-order valence-electron chi connectivity index (χ3n) is 7.64. The van der Waals surface area contributed by atoms with Gasteiger partial charge in [-0.15, -0.1) is 13.2 Å². The molecule has 0 atom stereocenters. The molecule has 10 nitrogen and oxygen atoms in total. The van der Waals surface area contributed by atoms with Gasteiger partial charge >= 0.3 is 6.36 Å². The number of amides is 1. The van der Waals surface area contributed by atoms with E-state index in [0.717, 1.165) is 32.0 Å². The number of halogens is 4. The monoisotopic (exact) mass is 574 g/mol. The fraction of sp³-hybridized carbons (Fsp3) is 0.385. The average Bonchev–Trinajstić information content (AvgIpc) is 3.47. The van der Waals surface area contributed by atoms with Gasteiger partial charge in [-0.2, -0.15) is 10.1 Å². The number of nitrogens with one attached hydrogen (secondary N) is 1. The van der Waals surface area contributed by atoms with Gasteiger partial charge in [0.05, 0.1) is 52.7 Å². The fourth-order valence-corrected chi connectivity index (χ4v) is 5.55. The maximum absolute atomic E-state index is 13.3. The van der Waals surface area contributed by atoms with E-state index in [1.54, 1.807) is 22.7 Å². The normalized spacial score (nSPS) is 21.6. The van der Waals surface area contributed by atoms with E-state index < -0.39 is 18.4 Å². The molecule has 2 saturated heterocycles. The predicted molar refractivity (Wildman–Crippen MR) is 136 cm³/mol. The van der Waals surface area contributed by atoms with Gasteiger partial charge in [0.1, 0.15) is 0 Å². The van der Waals surface area contributed by atoms with Crippen LogP contribution in [0.2, 0.25) is 5.02 Å². The zero-order valence-electron chi connectivity index (χ0n) is 20.8. The minimum atomic E-state index is -4.67. The molecule has 3 aliphatic rings. The smallest absolute Gasteiger partial charge is 0.380 e. The summed E-state index contributed by atoms with van der Waals surface area (Å²) in [6.07, 6.45) is -1.99. The molecule has 14 heteroatoms. The number of aromatic nitrogens is 4. The van der Waals surface area contributed by atoms with Gasteiger partial charge in [0.2, 0.25) is 11.7 Å². The molecule has 1 saturated carbocycles. The molecular formula is C26H22ClF3N6O4. The highest BCUT2D eigenvalue weighted by atomic mass is 35.5. The SMILES string of the molecule is O=C(Nc1cc(-c2noc(C3CC(OC(F)(F)F)C3)n2)ccc1Cl)c1cnn2ccc(N3CC4(COC4)C3)cc12. The molecule has 1 amide bonds. The zero-order chi connectivity index (χ0) is 27.6. The summed E-state index contributed by atoms with van der Waals surface area (Å²) >= 11 is 6.38. The Morgan fingerprint density at radius 3 is 2.70 bits per heavy atom. The molecule has 4 aromatic rings. The lowest BCUT2D eigenvalue weighted by molar-refractivity contribution is -0.352. The van der Waals surface area contributed by atoms with Crippen LogP contribution in [0.3, 0.4) is 0 Å². The lowest BCUT2D eigenvalue weighted by atomic mass is 9.78. The Labute approximate surface area is 230 Å². The van der Waals surface area contributed by atoms with Crippen LogP contribution in [0.25, 0.3) is 16.9 Å². The fourth-order valence-electron chi connectivity index (χ4n) is 5.38. The number of hydrogen-bond acceptors (Lipinski definition) is 8. The number of rotatable bonds is 6. The molecule has 3 fully saturated rings. The van der Waals surface area contributed by atoms with E-state index in [1.165, 1.54) is 6.20 Å². The second-order valence-corrected chi connectivity index (χ2v) is 11.0. The maximum atomic E-state index is 13.3. The number of carbonyl (C=O) groups excluding carboxylic acids is 1. The quantitative estimate of drug-likeness (QED) is 0.346. The van der Waals surface area contributed by atoms with Crippen LogP contribution in [0.5, 0.6) is 0 Å². The van der Waals surface area contributed by atoms with Crippen LogP contribution in [-0.2, 0) is 9.47 Å². The molecule has 5 heterocycles. The number of anilines is 2. The summed E-state index contributed by atoms with van der Waals surface area (Å²) in [6.45, 7) is 3.41. The van der Waals surface area contributed by atoms with Crippen LogP contribution in [0.1, 0.15) is 35.0 Å². The molecule has 0 bridgehead atoms. The first-order valence-corrected chi connectivity index (χ1v) is 13.0. The van der Waals surface area contributed by atoms with Gasteiger partial charge in [-0.05, 0) is 43.2 Å². The molecule has 208 valence electrons. The minimum Gasteiger partial charge on any atom is -0.380 e. The molecule has 1 aromatic carbocycles. The lowest BCUT2D eigenvalue weighted by Gasteiger charge is -2.56. The summed E-state index contributed by atoms with van der Waals surface area (Å²) < 4.78 is 53.5. The summed E-state index contributed by atoms with van der Waals surface area (Å²) in [4.78, 5) is 19.9. The molecule has 2 aliphatic heterocycles. The molecule has 1 aliphatic carbocycles. The second-order valence-electron chi connectivity index (χ2n) is 10.6. The third-order valence-corrected chi connectivity index (χ3v) is 7.97. The summed E-state index contributed by atoms with van der Waals surface area (Å²) in [5, 5.41) is 11.4. The van der Waals surface area contributed by atoms with E-state index in [9.17, 15) is 18.0 Å². The van der Waals surface area contributed by atoms with Gasteiger partial charge in [0.15, 0.2) is 0 Å². The third kappa shape index (κ3) is 4.57. The highest BCUT2D eigenvalue weighted by Gasteiger charge is 2.49. The van der Waals surface area contributed by atoms with E-state index >= 15 is 0 Å². The van der Waals surface area contributed by atoms with Crippen molar-refractivity contribution < 1.29 is 32.0 Å². The van der Waals surface area contributed by atoms with Crippen molar-refractivity contribution in [3.8, 4) is 11.4 Å². The lowest BCUT2D eigenvalue weighted by Crippen LogP contribution is -2.66. The van der Waals surface area contributed by atoms with Crippen molar-refractivity contribution in [2.24, 2.45) is 5.41 Å². The molecule has 1 spiro atoms. The Balaban J connectivity index is 1.06. The van der Waals surface area contributed by atoms with Crippen molar-refractivity contribution >= 4 is 34.4 Å². The van der Waals surface area contributed by atoms with Gasteiger partial charge in [-0.25, -0.2) is 4.52 Å². The Bertz CT molecular complexity index is 1600. The van der Waals surface area contributed by atoms with Crippen LogP contribution >= 0.6 is 11.6 Å². The summed E-state index contributed by atoms with van der Waals surface area (Å²) in [6, 6.07) is 8.79. The highest BCUT2D eigenvalue weighted by Crippen LogP contribution is 2.42. The molecule has 7 rings (SSSR count). The first-order chi connectivity index (χ1) is 19.1. The van der Waals surface area contributed by atoms with Crippen molar-refractivity contribution in [2.75, 3.05) is 36.5 Å². The van der Waals surface area contributed by atoms with Crippen LogP contribution in [0, 0.1) is 5.41 Å². The molecule has 0 radical (unpaired) electrons. The number of hydrogen-bond donors (Lipinski definition) is 1. The van der Waals surface area contributed by atoms with Gasteiger partial charge in [-0.3, -0.25) is 9.53 Å². The standard InChI is InChI=1S/C26H22ClF3N6O4/c27-19-2-1-14(22-33-24(40-34-22)15-5-17(6-15)39-26(28,29)30)7-20(19)32-23(37)18-9-31-36-4-3-16(8-21(18)36)35-10-25(11-35)12-38-13-25/h1-4,7-9,15,17H,5-6,10-13H2,(H,32,37). The number of ether oxygens (including phenoxy) is 2. The average molecular weight is 575 g/mol. The summed E-state index contributed by atoms with van der Waals surface area (Å²) in [5.74, 6) is -0.244. The number of pyridine rings is 1. The maximum Gasteiger partial charge on any atom is 0.522 e. The van der Waals surface area contributed by atoms with E-state index in [-0.39, 0.29) is 35.9 Å². The largest absolute Gasteiger partial charge is 0.522 e. The Morgan fingerprint density at radius 1 is 1.18 bits per heavy atom. The second kappa shape index (κ2) is 9.18. The van der Waals surface area contributed by atoms with Crippen molar-refractivity contribution in [1.29, 1.82) is 0 Å². The topological polar surface area (TPSA) is 107 Å². The zero-order valence-corrected chi connectivity index (χ0v) is 21.6. The number of benzene rings is 1. The molecule has 1 N–H and O–H groups in total. The van der Waals surface area contributed by atoms with E-state index in [1.807, 2.05) is 18.3 Å². The van der Waals surface area contributed by atoms with E-state index in [2.05, 4.69) is 30.2 Å². The number of fused-ring (bicyclic) bond motifs is 1. The van der Waals surface area contributed by atoms with Crippen LogP contribution < -0.4 is 10.2 Å². The molecular weight excluding hydrogens is 553 g/mol. The first-order valence-electron chi connectivity index (χ1n) is 12.6. The summed E-state index contributed by atoms with van der Waals surface area (Å²) in [7, 11) is 0. The van der Waals surface area contributed by atoms with Crippen molar-refractivity contribution in [1.82, 2.24) is 19.8 Å². The van der Waals surface area contributed by atoms with Crippen molar-refractivity contribution in [3.05, 3.63) is 59.2 Å². The van der Waals surface area contributed by atoms with E-state index in [4.69, 9.17) is 20.9 Å². The number of nitrogens with zero attached hydrogens (tertiary/aromatic N) is 5. The Kier molecular flexibility index (Phi) is 5.81. The number of carbonyl (C=O) groups is 1. The first kappa shape index (κ1) is 25.3. The Morgan fingerprint density at radius 2 is 1.98 bits per heavy atom. The van der Waals surface area contributed by atoms with Crippen molar-refractivity contribution in [2.45, 2.75) is 31.2 Å². The molecule has 40 heavy (non-hydrogen) atoms. The van der Waals surface area contributed by atoms with Gasteiger partial charge in [-0.1, -0.05) is 16.8 Å². The predicted octanol–water partition coefficient (Wildman–Crippen LogP) is 4.91. The van der Waals surface area contributed by atoms with Crippen LogP contribution in [0.15, 0.2) is 47.2 Å². The molecule has 0 unspecified atom stereocenters. The van der Waals surface area contributed by atoms with Crippen LogP contribution in [-0.4, -0.2) is 64.4 Å². The van der Waals surface area contributed by atoms with Crippen LogP contribution in [0.4, 0.5) is 24.5 Å².